The topological polar surface area (TPSA) is 41.6 Å². The Morgan fingerprint density at radius 2 is 2.00 bits per heavy atom. The molecule has 0 spiro atoms. The highest BCUT2D eigenvalue weighted by molar-refractivity contribution is 5.69. The molecule has 1 rings (SSSR count). The molecule has 0 unspecified atom stereocenters. The zero-order valence-electron chi connectivity index (χ0n) is 11.1. The summed E-state index contributed by atoms with van der Waals surface area (Å²) < 4.78 is 5.11. The zero-order valence-corrected chi connectivity index (χ0v) is 11.1. The third-order valence-corrected chi connectivity index (χ3v) is 3.07. The maximum Gasteiger partial charge on any atom is 0.412 e. The highest BCUT2D eigenvalue weighted by Gasteiger charge is 2.23. The van der Waals surface area contributed by atoms with Crippen molar-refractivity contribution >= 4 is 6.09 Å². The van der Waals surface area contributed by atoms with Crippen LogP contribution in [0.1, 0.15) is 19.4 Å². The number of nitrogens with zero attached hydrogens (tertiary/aromatic N) is 1. The first-order valence-electron chi connectivity index (χ1n) is 5.55. The molecule has 0 atom stereocenters. The average Bonchev–Trinajstić information content (AvgIpc) is 2.29. The van der Waals surface area contributed by atoms with Gasteiger partial charge in [-0.15, -0.1) is 0 Å². The normalized spacial score (nSPS) is 11.4. The van der Waals surface area contributed by atoms with Crippen molar-refractivity contribution in [2.45, 2.75) is 19.4 Å². The lowest BCUT2D eigenvalue weighted by Crippen LogP contribution is -2.35. The molecule has 0 aliphatic rings. The van der Waals surface area contributed by atoms with E-state index in [1.807, 2.05) is 32.3 Å². The molecule has 0 heterocycles. The Morgan fingerprint density at radius 3 is 2.53 bits per heavy atom. The fourth-order valence-electron chi connectivity index (χ4n) is 1.36. The van der Waals surface area contributed by atoms with Crippen molar-refractivity contribution in [2.75, 3.05) is 21.1 Å². The maximum atomic E-state index is 11.1. The van der Waals surface area contributed by atoms with E-state index in [0.29, 0.717) is 5.75 Å². The molecule has 94 valence electrons. The molecular formula is C13H20N2O2. The first-order valence-corrected chi connectivity index (χ1v) is 5.55. The summed E-state index contributed by atoms with van der Waals surface area (Å²) in [4.78, 5) is 13.2. The van der Waals surface area contributed by atoms with Gasteiger partial charge in [-0.3, -0.25) is 0 Å². The van der Waals surface area contributed by atoms with Crippen LogP contribution in [0.2, 0.25) is 0 Å². The Labute approximate surface area is 103 Å². The molecule has 17 heavy (non-hydrogen) atoms. The lowest BCUT2D eigenvalue weighted by atomic mass is 9.93. The third kappa shape index (κ3) is 3.20. The molecule has 0 saturated heterocycles. The van der Waals surface area contributed by atoms with Crippen LogP contribution in [0.3, 0.4) is 0 Å². The van der Waals surface area contributed by atoms with Crippen LogP contribution in [0.15, 0.2) is 24.3 Å². The highest BCUT2D eigenvalue weighted by Crippen LogP contribution is 2.27. The first-order chi connectivity index (χ1) is 7.87. The molecule has 0 fully saturated rings. The van der Waals surface area contributed by atoms with Crippen LogP contribution in [-0.2, 0) is 5.54 Å². The van der Waals surface area contributed by atoms with E-state index in [1.54, 1.807) is 6.07 Å². The number of hydrogen-bond acceptors (Lipinski definition) is 3. The molecule has 1 aromatic rings. The summed E-state index contributed by atoms with van der Waals surface area (Å²) in [6, 6.07) is 7.56. The molecule has 0 radical (unpaired) electrons. The van der Waals surface area contributed by atoms with Crippen molar-refractivity contribution in [3.05, 3.63) is 29.8 Å². The summed E-state index contributed by atoms with van der Waals surface area (Å²) in [7, 11) is 5.58. The summed E-state index contributed by atoms with van der Waals surface area (Å²) in [5.74, 6) is 0.553. The molecule has 4 heteroatoms. The number of hydrogen-bond donors (Lipinski definition) is 1. The molecule has 0 bridgehead atoms. The molecule has 1 aromatic carbocycles. The smallest absolute Gasteiger partial charge is 0.410 e. The van der Waals surface area contributed by atoms with Gasteiger partial charge in [-0.05, 0) is 45.6 Å². The Kier molecular flexibility index (Phi) is 4.12. The van der Waals surface area contributed by atoms with E-state index < -0.39 is 6.09 Å². The summed E-state index contributed by atoms with van der Waals surface area (Å²) in [6.45, 7) is 4.23. The molecule has 1 N–H and O–H groups in total. The Morgan fingerprint density at radius 1 is 1.35 bits per heavy atom. The van der Waals surface area contributed by atoms with E-state index in [1.165, 1.54) is 7.05 Å². The van der Waals surface area contributed by atoms with Gasteiger partial charge in [0.05, 0.1) is 0 Å². The SMILES string of the molecule is CNC(=O)Oc1cccc(C(C)(C)N(C)C)c1. The highest BCUT2D eigenvalue weighted by atomic mass is 16.5. The summed E-state index contributed by atoms with van der Waals surface area (Å²) in [5.41, 5.74) is 0.992. The van der Waals surface area contributed by atoms with Crippen molar-refractivity contribution in [3.63, 3.8) is 0 Å². The monoisotopic (exact) mass is 236 g/mol. The van der Waals surface area contributed by atoms with Crippen LogP contribution >= 0.6 is 0 Å². The van der Waals surface area contributed by atoms with Crippen molar-refractivity contribution < 1.29 is 9.53 Å². The minimum absolute atomic E-state index is 0.109. The molecule has 4 nitrogen and oxygen atoms in total. The van der Waals surface area contributed by atoms with Gasteiger partial charge in [-0.25, -0.2) is 4.79 Å². The summed E-state index contributed by atoms with van der Waals surface area (Å²) in [6.07, 6.45) is -0.454. The van der Waals surface area contributed by atoms with Crippen LogP contribution in [0.25, 0.3) is 0 Å². The van der Waals surface area contributed by atoms with Crippen molar-refractivity contribution in [3.8, 4) is 5.75 Å². The number of ether oxygens (including phenoxy) is 1. The fraction of sp³-hybridized carbons (Fsp3) is 0.462. The first kappa shape index (κ1) is 13.5. The van der Waals surface area contributed by atoms with Crippen LogP contribution in [-0.4, -0.2) is 32.1 Å². The number of benzene rings is 1. The van der Waals surface area contributed by atoms with E-state index >= 15 is 0 Å². The Hall–Kier alpha value is -1.55. The predicted molar refractivity (Wildman–Crippen MR) is 68.2 cm³/mol. The van der Waals surface area contributed by atoms with Crippen molar-refractivity contribution in [1.29, 1.82) is 0 Å². The van der Waals surface area contributed by atoms with Gasteiger partial charge in [-0.2, -0.15) is 0 Å². The van der Waals surface area contributed by atoms with Crippen LogP contribution < -0.4 is 10.1 Å². The second kappa shape index (κ2) is 5.19. The molecular weight excluding hydrogens is 216 g/mol. The van der Waals surface area contributed by atoms with Gasteiger partial charge in [0.15, 0.2) is 0 Å². The fourth-order valence-corrected chi connectivity index (χ4v) is 1.36. The molecule has 0 aliphatic carbocycles. The van der Waals surface area contributed by atoms with Crippen LogP contribution in [0.4, 0.5) is 4.79 Å². The molecule has 0 saturated carbocycles. The Balaban J connectivity index is 2.97. The second-order valence-corrected chi connectivity index (χ2v) is 4.62. The number of nitrogens with one attached hydrogen (secondary N) is 1. The van der Waals surface area contributed by atoms with Crippen LogP contribution in [0.5, 0.6) is 5.75 Å². The van der Waals surface area contributed by atoms with Gasteiger partial charge in [0.1, 0.15) is 5.75 Å². The quantitative estimate of drug-likeness (QED) is 0.874. The van der Waals surface area contributed by atoms with Gasteiger partial charge >= 0.3 is 6.09 Å². The number of amides is 1. The third-order valence-electron chi connectivity index (χ3n) is 3.07. The predicted octanol–water partition coefficient (Wildman–Crippen LogP) is 2.20. The minimum Gasteiger partial charge on any atom is -0.410 e. The number of carbonyl (C=O) groups is 1. The van der Waals surface area contributed by atoms with E-state index in [-0.39, 0.29) is 5.54 Å². The van der Waals surface area contributed by atoms with E-state index in [9.17, 15) is 4.79 Å². The second-order valence-electron chi connectivity index (χ2n) is 4.62. The van der Waals surface area contributed by atoms with Gasteiger partial charge in [0, 0.05) is 12.6 Å². The zero-order chi connectivity index (χ0) is 13.1. The largest absolute Gasteiger partial charge is 0.412 e. The van der Waals surface area contributed by atoms with Gasteiger partial charge in [-0.1, -0.05) is 12.1 Å². The summed E-state index contributed by atoms with van der Waals surface area (Å²) >= 11 is 0. The van der Waals surface area contributed by atoms with Gasteiger partial charge in [0.2, 0.25) is 0 Å². The van der Waals surface area contributed by atoms with Gasteiger partial charge < -0.3 is 15.0 Å². The van der Waals surface area contributed by atoms with E-state index in [4.69, 9.17) is 4.74 Å². The van der Waals surface area contributed by atoms with E-state index in [0.717, 1.165) is 5.56 Å². The minimum atomic E-state index is -0.454. The lowest BCUT2D eigenvalue weighted by molar-refractivity contribution is 0.194. The molecule has 1 amide bonds. The van der Waals surface area contributed by atoms with E-state index in [2.05, 4.69) is 24.1 Å². The number of rotatable bonds is 3. The summed E-state index contributed by atoms with van der Waals surface area (Å²) in [5, 5.41) is 2.42. The average molecular weight is 236 g/mol. The number of carbonyl (C=O) groups excluding carboxylic acids is 1. The molecule has 0 aliphatic heterocycles. The van der Waals surface area contributed by atoms with Crippen molar-refractivity contribution in [1.82, 2.24) is 10.2 Å². The Bertz CT molecular complexity index is 400. The standard InChI is InChI=1S/C13H20N2O2/c1-13(2,15(4)5)10-7-6-8-11(9-10)17-12(16)14-3/h6-9H,1-5H3,(H,14,16). The maximum absolute atomic E-state index is 11.1. The lowest BCUT2D eigenvalue weighted by Gasteiger charge is -2.33. The van der Waals surface area contributed by atoms with Crippen LogP contribution in [0, 0.1) is 0 Å². The van der Waals surface area contributed by atoms with Gasteiger partial charge in [0.25, 0.3) is 0 Å². The molecule has 0 aromatic heterocycles. The van der Waals surface area contributed by atoms with Crippen molar-refractivity contribution in [2.24, 2.45) is 0 Å².